The lowest BCUT2D eigenvalue weighted by Crippen LogP contribution is -2.55. The van der Waals surface area contributed by atoms with Crippen LogP contribution < -0.4 is 5.32 Å². The monoisotopic (exact) mass is 335 g/mol. The van der Waals surface area contributed by atoms with E-state index >= 15 is 0 Å². The molecule has 0 bridgehead atoms. The van der Waals surface area contributed by atoms with Crippen LogP contribution in [0.5, 0.6) is 0 Å². The van der Waals surface area contributed by atoms with Crippen LogP contribution in [0.2, 0.25) is 0 Å². The van der Waals surface area contributed by atoms with Crippen molar-refractivity contribution < 1.29 is 9.53 Å². The Bertz CT molecular complexity index is 501. The van der Waals surface area contributed by atoms with Gasteiger partial charge in [0.25, 0.3) is 0 Å². The second-order valence-electron chi connectivity index (χ2n) is 6.87. The van der Waals surface area contributed by atoms with Crippen molar-refractivity contribution in [1.29, 1.82) is 0 Å². The van der Waals surface area contributed by atoms with Crippen LogP contribution in [0.3, 0.4) is 0 Å². The van der Waals surface area contributed by atoms with Gasteiger partial charge in [0.05, 0.1) is 19.5 Å². The molecular weight excluding hydrogens is 306 g/mol. The lowest BCUT2D eigenvalue weighted by molar-refractivity contribution is 0.0220. The number of rotatable bonds is 5. The predicted octanol–water partition coefficient (Wildman–Crippen LogP) is 1.17. The van der Waals surface area contributed by atoms with Gasteiger partial charge < -0.3 is 19.5 Å². The number of imidazole rings is 1. The molecule has 3 rings (SSSR count). The summed E-state index contributed by atoms with van der Waals surface area (Å²) < 4.78 is 7.42. The molecule has 1 N–H and O–H groups in total. The van der Waals surface area contributed by atoms with Gasteiger partial charge in [0.15, 0.2) is 0 Å². The molecule has 2 saturated heterocycles. The minimum atomic E-state index is 0.0700. The number of ether oxygens (including phenoxy) is 1. The number of likely N-dealkylation sites (tertiary alicyclic amines) is 1. The molecule has 0 aromatic carbocycles. The van der Waals surface area contributed by atoms with E-state index in [-0.39, 0.29) is 12.1 Å². The van der Waals surface area contributed by atoms with E-state index in [2.05, 4.69) is 15.2 Å². The lowest BCUT2D eigenvalue weighted by Gasteiger charge is -2.40. The molecule has 134 valence electrons. The zero-order chi connectivity index (χ0) is 16.8. The standard InChI is InChI=1S/C17H29N5O2/c1-15(12-21-7-5-18-14-21)19-17(23)22-6-3-2-4-16(22)13-20-8-10-24-11-9-20/h5,7,14-16H,2-4,6,8-13H2,1H3,(H,19,23). The van der Waals surface area contributed by atoms with Gasteiger partial charge in [-0.1, -0.05) is 0 Å². The Morgan fingerprint density at radius 2 is 2.17 bits per heavy atom. The lowest BCUT2D eigenvalue weighted by atomic mass is 10.0. The van der Waals surface area contributed by atoms with Crippen molar-refractivity contribution in [3.63, 3.8) is 0 Å². The second-order valence-corrected chi connectivity index (χ2v) is 6.87. The van der Waals surface area contributed by atoms with Gasteiger partial charge in [-0.3, -0.25) is 4.90 Å². The van der Waals surface area contributed by atoms with Crippen LogP contribution in [0.25, 0.3) is 0 Å². The zero-order valence-electron chi connectivity index (χ0n) is 14.6. The maximum atomic E-state index is 12.7. The summed E-state index contributed by atoms with van der Waals surface area (Å²) in [4.78, 5) is 21.3. The summed E-state index contributed by atoms with van der Waals surface area (Å²) in [7, 11) is 0. The van der Waals surface area contributed by atoms with E-state index < -0.39 is 0 Å². The molecule has 1 aromatic rings. The van der Waals surface area contributed by atoms with E-state index in [1.165, 1.54) is 6.42 Å². The molecule has 2 amide bonds. The van der Waals surface area contributed by atoms with Crippen molar-refractivity contribution >= 4 is 6.03 Å². The number of nitrogens with zero attached hydrogens (tertiary/aromatic N) is 4. The fraction of sp³-hybridized carbons (Fsp3) is 0.765. The summed E-state index contributed by atoms with van der Waals surface area (Å²) in [6, 6.07) is 0.468. The summed E-state index contributed by atoms with van der Waals surface area (Å²) in [6.45, 7) is 8.17. The number of aromatic nitrogens is 2. The van der Waals surface area contributed by atoms with E-state index in [4.69, 9.17) is 4.74 Å². The van der Waals surface area contributed by atoms with Gasteiger partial charge in [-0.25, -0.2) is 9.78 Å². The molecule has 7 heteroatoms. The number of hydrogen-bond acceptors (Lipinski definition) is 4. The normalized spacial score (nSPS) is 23.9. The fourth-order valence-electron chi connectivity index (χ4n) is 3.59. The fourth-order valence-corrected chi connectivity index (χ4v) is 3.59. The topological polar surface area (TPSA) is 62.6 Å². The van der Waals surface area contributed by atoms with Gasteiger partial charge >= 0.3 is 6.03 Å². The molecule has 3 heterocycles. The average Bonchev–Trinajstić information content (AvgIpc) is 3.09. The van der Waals surface area contributed by atoms with Crippen molar-refractivity contribution in [2.45, 2.75) is 44.8 Å². The van der Waals surface area contributed by atoms with Crippen LogP contribution >= 0.6 is 0 Å². The molecule has 0 radical (unpaired) electrons. The molecule has 2 aliphatic rings. The van der Waals surface area contributed by atoms with Crippen molar-refractivity contribution in [1.82, 2.24) is 24.7 Å². The SMILES string of the molecule is CC(Cn1ccnc1)NC(=O)N1CCCCC1CN1CCOCC1. The molecular formula is C17H29N5O2. The average molecular weight is 335 g/mol. The molecule has 0 saturated carbocycles. The minimum Gasteiger partial charge on any atom is -0.379 e. The number of nitrogens with one attached hydrogen (secondary N) is 1. The Kier molecular flexibility index (Phi) is 6.09. The summed E-state index contributed by atoms with van der Waals surface area (Å²) in [6.07, 6.45) is 8.88. The smallest absolute Gasteiger partial charge is 0.317 e. The van der Waals surface area contributed by atoms with Crippen molar-refractivity contribution in [3.05, 3.63) is 18.7 Å². The summed E-state index contributed by atoms with van der Waals surface area (Å²) in [5.41, 5.74) is 0. The van der Waals surface area contributed by atoms with Gasteiger partial charge in [-0.15, -0.1) is 0 Å². The highest BCUT2D eigenvalue weighted by Crippen LogP contribution is 2.19. The van der Waals surface area contributed by atoms with Crippen molar-refractivity contribution in [2.24, 2.45) is 0 Å². The van der Waals surface area contributed by atoms with Crippen LogP contribution in [0.4, 0.5) is 4.79 Å². The zero-order valence-corrected chi connectivity index (χ0v) is 14.6. The quantitative estimate of drug-likeness (QED) is 0.877. The number of morpholine rings is 1. The highest BCUT2D eigenvalue weighted by atomic mass is 16.5. The maximum absolute atomic E-state index is 12.7. The Morgan fingerprint density at radius 1 is 1.33 bits per heavy atom. The van der Waals surface area contributed by atoms with Crippen molar-refractivity contribution in [3.8, 4) is 0 Å². The van der Waals surface area contributed by atoms with Crippen LogP contribution in [-0.4, -0.2) is 76.9 Å². The highest BCUT2D eigenvalue weighted by Gasteiger charge is 2.29. The van der Waals surface area contributed by atoms with Gasteiger partial charge in [-0.2, -0.15) is 0 Å². The summed E-state index contributed by atoms with van der Waals surface area (Å²) in [5, 5.41) is 3.15. The molecule has 2 aliphatic heterocycles. The number of amides is 2. The molecule has 7 nitrogen and oxygen atoms in total. The third-order valence-corrected chi connectivity index (χ3v) is 4.87. The van der Waals surface area contributed by atoms with E-state index in [1.54, 1.807) is 12.5 Å². The van der Waals surface area contributed by atoms with E-state index in [1.807, 2.05) is 22.6 Å². The first kappa shape index (κ1) is 17.2. The van der Waals surface area contributed by atoms with E-state index in [0.29, 0.717) is 6.04 Å². The summed E-state index contributed by atoms with van der Waals surface area (Å²) in [5.74, 6) is 0. The van der Waals surface area contributed by atoms with Gasteiger partial charge in [0, 0.05) is 57.2 Å². The first-order valence-corrected chi connectivity index (χ1v) is 9.05. The minimum absolute atomic E-state index is 0.0700. The molecule has 1 aromatic heterocycles. The molecule has 2 atom stereocenters. The third-order valence-electron chi connectivity index (χ3n) is 4.87. The second kappa shape index (κ2) is 8.48. The highest BCUT2D eigenvalue weighted by molar-refractivity contribution is 5.75. The van der Waals surface area contributed by atoms with Crippen molar-refractivity contribution in [2.75, 3.05) is 39.4 Å². The van der Waals surface area contributed by atoms with Gasteiger partial charge in [-0.05, 0) is 26.2 Å². The maximum Gasteiger partial charge on any atom is 0.317 e. The third kappa shape index (κ3) is 4.70. The van der Waals surface area contributed by atoms with E-state index in [0.717, 1.165) is 58.8 Å². The van der Waals surface area contributed by atoms with E-state index in [9.17, 15) is 4.79 Å². The van der Waals surface area contributed by atoms with Crippen LogP contribution in [-0.2, 0) is 11.3 Å². The Balaban J connectivity index is 1.52. The molecule has 0 aliphatic carbocycles. The first-order chi connectivity index (χ1) is 11.7. The molecule has 0 spiro atoms. The Morgan fingerprint density at radius 3 is 2.92 bits per heavy atom. The molecule has 24 heavy (non-hydrogen) atoms. The number of hydrogen-bond donors (Lipinski definition) is 1. The largest absolute Gasteiger partial charge is 0.379 e. The molecule has 2 fully saturated rings. The predicted molar refractivity (Wildman–Crippen MR) is 91.8 cm³/mol. The number of carbonyl (C=O) groups is 1. The van der Waals surface area contributed by atoms with Crippen LogP contribution in [0.15, 0.2) is 18.7 Å². The van der Waals surface area contributed by atoms with Gasteiger partial charge in [0.1, 0.15) is 0 Å². The van der Waals surface area contributed by atoms with Crippen LogP contribution in [0, 0.1) is 0 Å². The van der Waals surface area contributed by atoms with Gasteiger partial charge in [0.2, 0.25) is 0 Å². The number of carbonyl (C=O) groups excluding carboxylic acids is 1. The summed E-state index contributed by atoms with van der Waals surface area (Å²) >= 11 is 0. The number of piperidine rings is 1. The number of urea groups is 1. The first-order valence-electron chi connectivity index (χ1n) is 9.05. The Labute approximate surface area is 144 Å². The van der Waals surface area contributed by atoms with Crippen LogP contribution in [0.1, 0.15) is 26.2 Å². The Hall–Kier alpha value is -1.60. The molecule has 2 unspecified atom stereocenters.